The average Bonchev–Trinajstić information content (AvgIpc) is 3.26. The van der Waals surface area contributed by atoms with E-state index in [1.807, 2.05) is 0 Å². The molecule has 0 aliphatic heterocycles. The lowest BCUT2D eigenvalue weighted by Crippen LogP contribution is -2.30. The number of carbonyl (C=O) groups is 3. The SMILES string of the molecule is CCCCC/C=C\CCCCCCCC(=O)OC(COC(=O)CCCCCCCC)COC(=O)CCCCCCCCCCCCCCC/C=C\C/C=C\CCCCCCC. The van der Waals surface area contributed by atoms with Crippen LogP contribution in [0, 0.1) is 0 Å². The zero-order valence-corrected chi connectivity index (χ0v) is 40.7. The molecule has 61 heavy (non-hydrogen) atoms. The van der Waals surface area contributed by atoms with E-state index in [0.29, 0.717) is 19.3 Å². The number of rotatable bonds is 48. The van der Waals surface area contributed by atoms with Crippen molar-refractivity contribution in [3.63, 3.8) is 0 Å². The van der Waals surface area contributed by atoms with Crippen molar-refractivity contribution in [3.8, 4) is 0 Å². The van der Waals surface area contributed by atoms with E-state index in [-0.39, 0.29) is 31.1 Å². The smallest absolute Gasteiger partial charge is 0.306 e. The van der Waals surface area contributed by atoms with Crippen molar-refractivity contribution < 1.29 is 28.6 Å². The quantitative estimate of drug-likeness (QED) is 0.0262. The van der Waals surface area contributed by atoms with E-state index >= 15 is 0 Å². The Bertz CT molecular complexity index is 1030. The summed E-state index contributed by atoms with van der Waals surface area (Å²) in [6, 6.07) is 0. The maximum absolute atomic E-state index is 12.7. The second-order valence-electron chi connectivity index (χ2n) is 17.8. The van der Waals surface area contributed by atoms with E-state index < -0.39 is 6.10 Å². The molecular weight excluding hydrogens is 757 g/mol. The van der Waals surface area contributed by atoms with Gasteiger partial charge in [0.2, 0.25) is 0 Å². The van der Waals surface area contributed by atoms with E-state index in [0.717, 1.165) is 70.6 Å². The van der Waals surface area contributed by atoms with Gasteiger partial charge in [0.25, 0.3) is 0 Å². The summed E-state index contributed by atoms with van der Waals surface area (Å²) >= 11 is 0. The van der Waals surface area contributed by atoms with Crippen molar-refractivity contribution >= 4 is 17.9 Å². The minimum absolute atomic E-state index is 0.0738. The minimum atomic E-state index is -0.770. The van der Waals surface area contributed by atoms with Gasteiger partial charge in [-0.05, 0) is 77.0 Å². The third-order valence-corrected chi connectivity index (χ3v) is 11.6. The summed E-state index contributed by atoms with van der Waals surface area (Å²) in [5.41, 5.74) is 0. The zero-order valence-electron chi connectivity index (χ0n) is 40.7. The van der Waals surface area contributed by atoms with Gasteiger partial charge in [0, 0.05) is 19.3 Å². The van der Waals surface area contributed by atoms with Crippen molar-refractivity contribution in [1.29, 1.82) is 0 Å². The van der Waals surface area contributed by atoms with Gasteiger partial charge in [0.15, 0.2) is 6.10 Å². The fourth-order valence-electron chi connectivity index (χ4n) is 7.59. The van der Waals surface area contributed by atoms with Crippen LogP contribution in [0.4, 0.5) is 0 Å². The first-order valence-electron chi connectivity index (χ1n) is 26.5. The second kappa shape index (κ2) is 50.3. The van der Waals surface area contributed by atoms with E-state index in [1.165, 1.54) is 167 Å². The Labute approximate surface area is 378 Å². The van der Waals surface area contributed by atoms with Gasteiger partial charge >= 0.3 is 17.9 Å². The van der Waals surface area contributed by atoms with Crippen LogP contribution in [-0.4, -0.2) is 37.2 Å². The Morgan fingerprint density at radius 3 is 0.951 bits per heavy atom. The van der Waals surface area contributed by atoms with E-state index in [9.17, 15) is 14.4 Å². The van der Waals surface area contributed by atoms with Gasteiger partial charge in [-0.2, -0.15) is 0 Å². The molecule has 6 heteroatoms. The van der Waals surface area contributed by atoms with Crippen molar-refractivity contribution in [3.05, 3.63) is 36.5 Å². The molecule has 0 rings (SSSR count). The van der Waals surface area contributed by atoms with Crippen LogP contribution in [0.2, 0.25) is 0 Å². The summed E-state index contributed by atoms with van der Waals surface area (Å²) in [6.07, 6.45) is 58.8. The molecule has 356 valence electrons. The summed E-state index contributed by atoms with van der Waals surface area (Å²) in [7, 11) is 0. The van der Waals surface area contributed by atoms with Crippen LogP contribution in [0.3, 0.4) is 0 Å². The van der Waals surface area contributed by atoms with Crippen LogP contribution in [0.25, 0.3) is 0 Å². The van der Waals surface area contributed by atoms with Gasteiger partial charge in [0.1, 0.15) is 13.2 Å². The molecule has 0 saturated heterocycles. The van der Waals surface area contributed by atoms with E-state index in [2.05, 4.69) is 57.2 Å². The lowest BCUT2D eigenvalue weighted by molar-refractivity contribution is -0.167. The van der Waals surface area contributed by atoms with Gasteiger partial charge in [-0.3, -0.25) is 14.4 Å². The molecule has 0 aromatic heterocycles. The molecule has 0 amide bonds. The summed E-state index contributed by atoms with van der Waals surface area (Å²) in [5.74, 6) is -0.886. The predicted molar refractivity (Wildman–Crippen MR) is 261 cm³/mol. The first-order valence-corrected chi connectivity index (χ1v) is 26.5. The van der Waals surface area contributed by atoms with Gasteiger partial charge in [-0.1, -0.05) is 218 Å². The number of hydrogen-bond acceptors (Lipinski definition) is 6. The average molecular weight is 857 g/mol. The van der Waals surface area contributed by atoms with Gasteiger partial charge in [-0.25, -0.2) is 0 Å². The summed E-state index contributed by atoms with van der Waals surface area (Å²) in [5, 5.41) is 0. The first kappa shape index (κ1) is 58.6. The van der Waals surface area contributed by atoms with Crippen LogP contribution in [-0.2, 0) is 28.6 Å². The Morgan fingerprint density at radius 1 is 0.328 bits per heavy atom. The van der Waals surface area contributed by atoms with Crippen LogP contribution in [0.15, 0.2) is 36.5 Å². The molecule has 0 N–H and O–H groups in total. The number of hydrogen-bond donors (Lipinski definition) is 0. The molecule has 0 bridgehead atoms. The minimum Gasteiger partial charge on any atom is -0.462 e. The molecule has 1 unspecified atom stereocenters. The first-order chi connectivity index (χ1) is 30.0. The van der Waals surface area contributed by atoms with Crippen LogP contribution in [0.1, 0.15) is 278 Å². The highest BCUT2D eigenvalue weighted by molar-refractivity contribution is 5.71. The zero-order chi connectivity index (χ0) is 44.4. The summed E-state index contributed by atoms with van der Waals surface area (Å²) in [6.45, 7) is 6.55. The molecule has 0 radical (unpaired) electrons. The van der Waals surface area contributed by atoms with Crippen molar-refractivity contribution in [2.75, 3.05) is 13.2 Å². The Morgan fingerprint density at radius 2 is 0.590 bits per heavy atom. The number of esters is 3. The molecule has 0 fully saturated rings. The van der Waals surface area contributed by atoms with E-state index in [1.54, 1.807) is 0 Å². The molecule has 0 saturated carbocycles. The Hall–Kier alpha value is -2.37. The largest absolute Gasteiger partial charge is 0.462 e. The highest BCUT2D eigenvalue weighted by Crippen LogP contribution is 2.15. The lowest BCUT2D eigenvalue weighted by Gasteiger charge is -2.18. The molecular formula is C55H100O6. The lowest BCUT2D eigenvalue weighted by atomic mass is 10.0. The molecule has 0 aromatic rings. The molecule has 0 spiro atoms. The second-order valence-corrected chi connectivity index (χ2v) is 17.8. The van der Waals surface area contributed by atoms with Crippen molar-refractivity contribution in [2.24, 2.45) is 0 Å². The third-order valence-electron chi connectivity index (χ3n) is 11.6. The maximum atomic E-state index is 12.7. The van der Waals surface area contributed by atoms with Gasteiger partial charge in [0.05, 0.1) is 0 Å². The maximum Gasteiger partial charge on any atom is 0.306 e. The Balaban J connectivity index is 4.07. The van der Waals surface area contributed by atoms with Crippen LogP contribution in [0.5, 0.6) is 0 Å². The highest BCUT2D eigenvalue weighted by Gasteiger charge is 2.19. The molecule has 6 nitrogen and oxygen atoms in total. The van der Waals surface area contributed by atoms with Gasteiger partial charge in [-0.15, -0.1) is 0 Å². The predicted octanol–water partition coefficient (Wildman–Crippen LogP) is 17.3. The molecule has 1 atom stereocenters. The van der Waals surface area contributed by atoms with Crippen LogP contribution >= 0.6 is 0 Å². The third kappa shape index (κ3) is 48.5. The van der Waals surface area contributed by atoms with Crippen LogP contribution < -0.4 is 0 Å². The summed E-state index contributed by atoms with van der Waals surface area (Å²) in [4.78, 5) is 37.7. The number of unbranched alkanes of at least 4 members (excludes halogenated alkanes) is 31. The number of allylic oxidation sites excluding steroid dienone is 6. The highest BCUT2D eigenvalue weighted by atomic mass is 16.6. The van der Waals surface area contributed by atoms with Gasteiger partial charge < -0.3 is 14.2 Å². The molecule has 0 aliphatic carbocycles. The number of carbonyl (C=O) groups excluding carboxylic acids is 3. The fraction of sp³-hybridized carbons (Fsp3) is 0.836. The molecule has 0 aromatic carbocycles. The molecule has 0 heterocycles. The summed E-state index contributed by atoms with van der Waals surface area (Å²) < 4.78 is 16.7. The number of ether oxygens (including phenoxy) is 3. The van der Waals surface area contributed by atoms with Crippen molar-refractivity contribution in [2.45, 2.75) is 284 Å². The normalized spacial score (nSPS) is 12.2. The van der Waals surface area contributed by atoms with E-state index in [4.69, 9.17) is 14.2 Å². The topological polar surface area (TPSA) is 78.9 Å². The monoisotopic (exact) mass is 857 g/mol. The van der Waals surface area contributed by atoms with Crippen molar-refractivity contribution in [1.82, 2.24) is 0 Å². The standard InChI is InChI=1S/C55H100O6/c1-4-7-10-13-16-18-20-22-23-24-25-26-27-28-29-30-31-32-33-34-36-37-39-42-45-48-54(57)60-51-52(50-59-53(56)47-44-41-15-12-9-6-3)61-55(58)49-46-43-40-38-35-21-19-17-14-11-8-5-2/h17,19-20,22,24-25,52H,4-16,18,21,23,26-51H2,1-3H3/b19-17-,22-20-,25-24-. The Kier molecular flexibility index (Phi) is 48.3. The fourth-order valence-corrected chi connectivity index (χ4v) is 7.59. The molecule has 0 aliphatic rings.